The number of carbonyl (C=O) groups is 1. The zero-order valence-corrected chi connectivity index (χ0v) is 26.7. The summed E-state index contributed by atoms with van der Waals surface area (Å²) in [6, 6.07) is 15.1. The zero-order chi connectivity index (χ0) is 34.4. The fourth-order valence-electron chi connectivity index (χ4n) is 5.49. The quantitative estimate of drug-likeness (QED) is 0.168. The van der Waals surface area contributed by atoms with Gasteiger partial charge in [-0.15, -0.1) is 10.2 Å². The van der Waals surface area contributed by atoms with Crippen LogP contribution in [0.2, 0.25) is 0 Å². The van der Waals surface area contributed by atoms with Gasteiger partial charge in [-0.1, -0.05) is 18.7 Å². The van der Waals surface area contributed by atoms with Crippen LogP contribution in [0.5, 0.6) is 0 Å². The van der Waals surface area contributed by atoms with Crippen molar-refractivity contribution >= 4 is 17.5 Å². The summed E-state index contributed by atoms with van der Waals surface area (Å²) in [4.78, 5) is 28.6. The number of aromatic nitrogens is 5. The van der Waals surface area contributed by atoms with E-state index in [1.54, 1.807) is 42.9 Å². The van der Waals surface area contributed by atoms with Gasteiger partial charge in [0, 0.05) is 86.8 Å². The van der Waals surface area contributed by atoms with Gasteiger partial charge in [-0.2, -0.15) is 13.2 Å². The molecule has 1 saturated heterocycles. The number of nitrogens with zero attached hydrogens (tertiary/aromatic N) is 7. The lowest BCUT2D eigenvalue weighted by Crippen LogP contribution is -2.48. The number of hydrogen-bond acceptors (Lipinski definition) is 10. The first-order valence-corrected chi connectivity index (χ1v) is 15.7. The number of hydrogen-bond donors (Lipinski definition) is 2. The van der Waals surface area contributed by atoms with E-state index < -0.39 is 11.7 Å². The molecule has 49 heavy (non-hydrogen) atoms. The first-order chi connectivity index (χ1) is 23.7. The lowest BCUT2D eigenvalue weighted by atomic mass is 10.0. The molecule has 6 rings (SSSR count). The zero-order valence-electron chi connectivity index (χ0n) is 26.7. The Bertz CT molecular complexity index is 1920. The van der Waals surface area contributed by atoms with Crippen molar-refractivity contribution < 1.29 is 22.4 Å². The predicted octanol–water partition coefficient (Wildman–Crippen LogP) is 5.75. The second-order valence-corrected chi connectivity index (χ2v) is 11.6. The average Bonchev–Trinajstić information content (AvgIpc) is 3.61. The molecule has 4 heterocycles. The molecule has 0 bridgehead atoms. The second kappa shape index (κ2) is 14.7. The minimum absolute atomic E-state index is 0.0215. The summed E-state index contributed by atoms with van der Waals surface area (Å²) in [5.41, 5.74) is 3.34. The monoisotopic (exact) mass is 669 g/mol. The maximum Gasteiger partial charge on any atom is 0.416 e. The molecule has 0 unspecified atom stereocenters. The number of amides is 1. The van der Waals surface area contributed by atoms with Crippen LogP contribution < -0.4 is 10.6 Å². The van der Waals surface area contributed by atoms with Gasteiger partial charge in [0.25, 0.3) is 0 Å². The molecule has 2 aromatic carbocycles. The number of aryl methyl sites for hydroxylation is 1. The largest absolute Gasteiger partial charge is 0.416 e. The number of halogens is 3. The van der Waals surface area contributed by atoms with Crippen LogP contribution in [0.3, 0.4) is 0 Å². The average molecular weight is 670 g/mol. The third-order valence-electron chi connectivity index (χ3n) is 8.20. The number of rotatable bonds is 11. The van der Waals surface area contributed by atoms with Crippen molar-refractivity contribution in [1.82, 2.24) is 40.3 Å². The third kappa shape index (κ3) is 8.34. The molecule has 252 valence electrons. The van der Waals surface area contributed by atoms with Crippen LogP contribution in [-0.4, -0.2) is 80.1 Å². The predicted molar refractivity (Wildman–Crippen MR) is 178 cm³/mol. The maximum atomic E-state index is 14.3. The number of nitrogens with one attached hydrogen (secondary N) is 2. The Hall–Kier alpha value is -5.47. The fourth-order valence-corrected chi connectivity index (χ4v) is 5.49. The van der Waals surface area contributed by atoms with Crippen molar-refractivity contribution in [2.45, 2.75) is 19.6 Å². The Balaban J connectivity index is 1.15. The highest BCUT2D eigenvalue weighted by Gasteiger charge is 2.35. The van der Waals surface area contributed by atoms with Crippen LogP contribution in [0.1, 0.15) is 16.7 Å². The number of benzene rings is 2. The molecular formula is C35H34F3N9O2. The molecule has 0 spiro atoms. The van der Waals surface area contributed by atoms with Crippen LogP contribution >= 0.6 is 0 Å². The van der Waals surface area contributed by atoms with E-state index >= 15 is 0 Å². The van der Waals surface area contributed by atoms with Crippen molar-refractivity contribution in [2.24, 2.45) is 0 Å². The van der Waals surface area contributed by atoms with Gasteiger partial charge in [0.2, 0.25) is 23.6 Å². The number of piperazine rings is 1. The molecular weight excluding hydrogens is 635 g/mol. The van der Waals surface area contributed by atoms with Crippen LogP contribution in [-0.2, 0) is 17.5 Å². The lowest BCUT2D eigenvalue weighted by molar-refractivity contribution is -0.138. The van der Waals surface area contributed by atoms with Crippen LogP contribution in [0.25, 0.3) is 34.2 Å². The normalized spacial score (nSPS) is 14.0. The maximum absolute atomic E-state index is 14.3. The fraction of sp³-hybridized carbons (Fsp3) is 0.257. The van der Waals surface area contributed by atoms with E-state index in [2.05, 4.69) is 47.3 Å². The summed E-state index contributed by atoms with van der Waals surface area (Å²) in [5.74, 6) is 0.281. The number of pyridine rings is 1. The van der Waals surface area contributed by atoms with E-state index in [9.17, 15) is 18.0 Å². The lowest BCUT2D eigenvalue weighted by Gasteiger charge is -2.35. The van der Waals surface area contributed by atoms with Crippen LogP contribution in [0, 0.1) is 6.92 Å². The van der Waals surface area contributed by atoms with Crippen molar-refractivity contribution in [3.05, 3.63) is 103 Å². The molecule has 2 N–H and O–H groups in total. The third-order valence-corrected chi connectivity index (χ3v) is 8.20. The molecule has 1 amide bonds. The first-order valence-electron chi connectivity index (χ1n) is 15.7. The van der Waals surface area contributed by atoms with E-state index in [0.717, 1.165) is 17.2 Å². The molecule has 1 aliphatic heterocycles. The molecule has 1 fully saturated rings. The van der Waals surface area contributed by atoms with Gasteiger partial charge in [-0.05, 0) is 66.6 Å². The summed E-state index contributed by atoms with van der Waals surface area (Å²) in [6.45, 7) is 9.25. The molecule has 14 heteroatoms. The Labute approximate surface area is 280 Å². The van der Waals surface area contributed by atoms with Crippen LogP contribution in [0.15, 0.2) is 90.3 Å². The summed E-state index contributed by atoms with van der Waals surface area (Å²) < 4.78 is 48.8. The Morgan fingerprint density at radius 2 is 1.69 bits per heavy atom. The van der Waals surface area contributed by atoms with Gasteiger partial charge in [0.15, 0.2) is 0 Å². The van der Waals surface area contributed by atoms with Gasteiger partial charge in [0.05, 0.1) is 11.3 Å². The number of carbonyl (C=O) groups excluding carboxylic acids is 1. The Kier molecular flexibility index (Phi) is 10.1. The van der Waals surface area contributed by atoms with Gasteiger partial charge in [-0.25, -0.2) is 9.97 Å². The molecule has 11 nitrogen and oxygen atoms in total. The summed E-state index contributed by atoms with van der Waals surface area (Å²) in [6.07, 6.45) is 1.71. The topological polar surface area (TPSA) is 125 Å². The summed E-state index contributed by atoms with van der Waals surface area (Å²) in [7, 11) is 0. The van der Waals surface area contributed by atoms with E-state index in [4.69, 9.17) is 4.42 Å². The van der Waals surface area contributed by atoms with E-state index in [1.165, 1.54) is 12.1 Å². The molecule has 0 radical (unpaired) electrons. The second-order valence-electron chi connectivity index (χ2n) is 11.6. The highest BCUT2D eigenvalue weighted by Crippen LogP contribution is 2.36. The molecule has 5 aromatic rings. The first kappa shape index (κ1) is 33.4. The van der Waals surface area contributed by atoms with Gasteiger partial charge < -0.3 is 15.1 Å². The molecule has 0 aliphatic carbocycles. The van der Waals surface area contributed by atoms with Crippen molar-refractivity contribution in [1.29, 1.82) is 0 Å². The van der Waals surface area contributed by atoms with Gasteiger partial charge >= 0.3 is 6.18 Å². The minimum Gasteiger partial charge on any atom is -0.416 e. The molecule has 0 saturated carbocycles. The summed E-state index contributed by atoms with van der Waals surface area (Å²) in [5, 5.41) is 14.2. The molecule has 0 atom stereocenters. The summed E-state index contributed by atoms with van der Waals surface area (Å²) >= 11 is 0. The SMILES string of the molecule is C=CC(=O)NCCN1CCN(Cc2ccc(-c3nnc(-c4ccc(C)c(Nc5nccc(-c6cccnc6)n5)c4)o3)cc2C(F)(F)F)CC1. The van der Waals surface area contributed by atoms with E-state index in [0.29, 0.717) is 62.2 Å². The molecule has 1 aliphatic rings. The van der Waals surface area contributed by atoms with Gasteiger partial charge in [0.1, 0.15) is 0 Å². The van der Waals surface area contributed by atoms with Crippen molar-refractivity contribution in [2.75, 3.05) is 44.6 Å². The smallest absolute Gasteiger partial charge is 0.416 e. The number of anilines is 2. The Morgan fingerprint density at radius 3 is 2.41 bits per heavy atom. The van der Waals surface area contributed by atoms with E-state index in [-0.39, 0.29) is 35.4 Å². The highest BCUT2D eigenvalue weighted by atomic mass is 19.4. The van der Waals surface area contributed by atoms with Gasteiger partial charge in [-0.3, -0.25) is 19.6 Å². The Morgan fingerprint density at radius 1 is 0.959 bits per heavy atom. The van der Waals surface area contributed by atoms with Crippen LogP contribution in [0.4, 0.5) is 24.8 Å². The minimum atomic E-state index is -4.58. The molecule has 3 aromatic heterocycles. The standard InChI is InChI=1S/C35H34F3N9O2/c1-3-31(48)40-13-14-46-15-17-47(18-16-46)22-27-9-8-24(19-28(27)35(36,37)38)32-44-45-33(49-32)25-7-6-23(2)30(20-25)43-34-41-12-10-29(42-34)26-5-4-11-39-21-26/h3-12,19-21H,1,13-18,22H2,2H3,(H,40,48)(H,41,42,43). The van der Waals surface area contributed by atoms with Crippen molar-refractivity contribution in [3.63, 3.8) is 0 Å². The highest BCUT2D eigenvalue weighted by molar-refractivity contribution is 5.86. The van der Waals surface area contributed by atoms with Crippen molar-refractivity contribution in [3.8, 4) is 34.2 Å². The van der Waals surface area contributed by atoms with E-state index in [1.807, 2.05) is 30.0 Å². The number of alkyl halides is 3.